The predicted molar refractivity (Wildman–Crippen MR) is 240 cm³/mol. The number of anilines is 3. The molecule has 0 unspecified atom stereocenters. The van der Waals surface area contributed by atoms with E-state index in [4.69, 9.17) is 0 Å². The molecule has 0 atom stereocenters. The predicted octanol–water partition coefficient (Wildman–Crippen LogP) is 14.4. The molecule has 0 bridgehead atoms. The zero-order valence-corrected chi connectivity index (χ0v) is 31.2. The fraction of sp³-hybridized carbons (Fsp3) is 0.0182. The second-order valence-corrected chi connectivity index (χ2v) is 15.2. The van der Waals surface area contributed by atoms with Gasteiger partial charge >= 0.3 is 0 Å². The fourth-order valence-electron chi connectivity index (χ4n) is 10.1. The van der Waals surface area contributed by atoms with Gasteiger partial charge in [-0.05, 0) is 103 Å². The summed E-state index contributed by atoms with van der Waals surface area (Å²) in [6.45, 7) is 0. The van der Waals surface area contributed by atoms with Gasteiger partial charge in [0.05, 0.1) is 27.8 Å². The Kier molecular flexibility index (Phi) is 6.88. The van der Waals surface area contributed by atoms with E-state index >= 15 is 0 Å². The largest absolute Gasteiger partial charge is 0.310 e. The Morgan fingerprint density at radius 2 is 0.789 bits per heavy atom. The third kappa shape index (κ3) is 4.47. The molecular formula is C55H36N2. The van der Waals surface area contributed by atoms with Crippen molar-refractivity contribution in [2.45, 2.75) is 5.41 Å². The number of rotatable bonds is 4. The molecule has 1 aliphatic rings. The molecule has 10 aromatic carbocycles. The first-order valence-electron chi connectivity index (χ1n) is 19.8. The minimum Gasteiger partial charge on any atom is -0.310 e. The van der Waals surface area contributed by atoms with Crippen LogP contribution in [0.2, 0.25) is 0 Å². The van der Waals surface area contributed by atoms with Crippen molar-refractivity contribution in [3.63, 3.8) is 0 Å². The summed E-state index contributed by atoms with van der Waals surface area (Å²) in [7, 11) is 0. The molecule has 2 heterocycles. The van der Waals surface area contributed by atoms with Crippen LogP contribution >= 0.6 is 0 Å². The van der Waals surface area contributed by atoms with Crippen molar-refractivity contribution in [1.82, 2.24) is 4.57 Å². The van der Waals surface area contributed by atoms with Crippen LogP contribution < -0.4 is 4.90 Å². The Balaban J connectivity index is 1.25. The van der Waals surface area contributed by atoms with E-state index in [2.05, 4.69) is 228 Å². The summed E-state index contributed by atoms with van der Waals surface area (Å²) >= 11 is 0. The maximum Gasteiger partial charge on any atom is 0.0743 e. The summed E-state index contributed by atoms with van der Waals surface area (Å²) in [5.41, 5.74) is 11.4. The molecule has 0 radical (unpaired) electrons. The lowest BCUT2D eigenvalue weighted by molar-refractivity contribution is 0.732. The van der Waals surface area contributed by atoms with Gasteiger partial charge < -0.3 is 9.47 Å². The van der Waals surface area contributed by atoms with Crippen LogP contribution in [-0.4, -0.2) is 4.57 Å². The second-order valence-electron chi connectivity index (χ2n) is 15.2. The van der Waals surface area contributed by atoms with Crippen LogP contribution in [0.15, 0.2) is 218 Å². The van der Waals surface area contributed by atoms with Crippen LogP contribution in [0.1, 0.15) is 22.3 Å². The zero-order chi connectivity index (χ0) is 37.5. The SMILES string of the molecule is c1ccc(N2c3ccccc3C(c3ccccc3)(c3ccccc3)c3cc4c(cc32)c2ccccc2n4-c2ccc3c4ccccc4c4ccccc4c3c2)cc1. The topological polar surface area (TPSA) is 8.17 Å². The molecular weight excluding hydrogens is 689 g/mol. The Bertz CT molecular complexity index is 3270. The lowest BCUT2D eigenvalue weighted by atomic mass is 9.62. The van der Waals surface area contributed by atoms with Gasteiger partial charge in [0.2, 0.25) is 0 Å². The van der Waals surface area contributed by atoms with E-state index in [1.54, 1.807) is 0 Å². The molecule has 57 heavy (non-hydrogen) atoms. The molecule has 0 saturated carbocycles. The number of fused-ring (bicyclic) bond motifs is 11. The van der Waals surface area contributed by atoms with E-state index < -0.39 is 5.41 Å². The van der Waals surface area contributed by atoms with Crippen LogP contribution in [-0.2, 0) is 5.41 Å². The van der Waals surface area contributed by atoms with E-state index in [1.165, 1.54) is 87.8 Å². The molecule has 11 aromatic rings. The minimum atomic E-state index is -0.603. The number of hydrogen-bond acceptors (Lipinski definition) is 1. The maximum atomic E-state index is 2.51. The Morgan fingerprint density at radius 3 is 1.44 bits per heavy atom. The minimum absolute atomic E-state index is 0.603. The number of nitrogens with zero attached hydrogens (tertiary/aromatic N) is 2. The normalized spacial score (nSPS) is 13.4. The lowest BCUT2D eigenvalue weighted by Gasteiger charge is -2.46. The second kappa shape index (κ2) is 12.3. The van der Waals surface area contributed by atoms with Gasteiger partial charge in [-0.1, -0.05) is 170 Å². The first-order valence-corrected chi connectivity index (χ1v) is 19.8. The van der Waals surface area contributed by atoms with Crippen LogP contribution in [0.3, 0.4) is 0 Å². The maximum absolute atomic E-state index is 2.51. The molecule has 12 rings (SSSR count). The molecule has 0 N–H and O–H groups in total. The smallest absolute Gasteiger partial charge is 0.0743 e. The van der Waals surface area contributed by atoms with Gasteiger partial charge in [0, 0.05) is 22.1 Å². The summed E-state index contributed by atoms with van der Waals surface area (Å²) < 4.78 is 2.50. The first kappa shape index (κ1) is 31.9. The third-order valence-corrected chi connectivity index (χ3v) is 12.4. The average Bonchev–Trinajstić information content (AvgIpc) is 3.61. The van der Waals surface area contributed by atoms with E-state index in [0.29, 0.717) is 0 Å². The number of aromatic nitrogens is 1. The third-order valence-electron chi connectivity index (χ3n) is 12.4. The lowest BCUT2D eigenvalue weighted by Crippen LogP contribution is -2.37. The van der Waals surface area contributed by atoms with Crippen molar-refractivity contribution in [1.29, 1.82) is 0 Å². The fourth-order valence-corrected chi connectivity index (χ4v) is 10.1. The molecule has 0 saturated heterocycles. The van der Waals surface area contributed by atoms with E-state index in [1.807, 2.05) is 0 Å². The van der Waals surface area contributed by atoms with Gasteiger partial charge in [-0.15, -0.1) is 0 Å². The van der Waals surface area contributed by atoms with Crippen LogP contribution in [0.5, 0.6) is 0 Å². The van der Waals surface area contributed by atoms with Crippen LogP contribution in [0.25, 0.3) is 59.8 Å². The molecule has 1 aromatic heterocycles. The number of hydrogen-bond donors (Lipinski definition) is 0. The van der Waals surface area contributed by atoms with Crippen molar-refractivity contribution < 1.29 is 0 Å². The van der Waals surface area contributed by atoms with Gasteiger partial charge in [0.25, 0.3) is 0 Å². The van der Waals surface area contributed by atoms with E-state index in [9.17, 15) is 0 Å². The van der Waals surface area contributed by atoms with Crippen molar-refractivity contribution in [3.8, 4) is 5.69 Å². The highest BCUT2D eigenvalue weighted by Gasteiger charge is 2.47. The summed E-state index contributed by atoms with van der Waals surface area (Å²) in [6, 6.07) is 80.8. The van der Waals surface area contributed by atoms with Gasteiger partial charge in [0.1, 0.15) is 0 Å². The highest BCUT2D eigenvalue weighted by molar-refractivity contribution is 6.25. The average molecular weight is 725 g/mol. The first-order chi connectivity index (χ1) is 28.3. The molecule has 0 amide bonds. The quantitative estimate of drug-likeness (QED) is 0.164. The molecule has 0 aliphatic carbocycles. The summed E-state index contributed by atoms with van der Waals surface area (Å²) in [5, 5.41) is 10.1. The van der Waals surface area contributed by atoms with Crippen molar-refractivity contribution in [3.05, 3.63) is 241 Å². The molecule has 0 fully saturated rings. The summed E-state index contributed by atoms with van der Waals surface area (Å²) in [4.78, 5) is 2.48. The van der Waals surface area contributed by atoms with E-state index in [0.717, 1.165) is 11.4 Å². The van der Waals surface area contributed by atoms with Gasteiger partial charge in [-0.2, -0.15) is 0 Å². The van der Waals surface area contributed by atoms with Crippen molar-refractivity contribution in [2.75, 3.05) is 4.90 Å². The van der Waals surface area contributed by atoms with Gasteiger partial charge in [-0.25, -0.2) is 0 Å². The molecule has 2 heteroatoms. The van der Waals surface area contributed by atoms with Crippen LogP contribution in [0.4, 0.5) is 17.1 Å². The van der Waals surface area contributed by atoms with Crippen molar-refractivity contribution in [2.24, 2.45) is 0 Å². The highest BCUT2D eigenvalue weighted by Crippen LogP contribution is 2.59. The molecule has 0 spiro atoms. The molecule has 266 valence electrons. The summed E-state index contributed by atoms with van der Waals surface area (Å²) in [6.07, 6.45) is 0. The van der Waals surface area contributed by atoms with Gasteiger partial charge in [-0.3, -0.25) is 0 Å². The molecule has 2 nitrogen and oxygen atoms in total. The van der Waals surface area contributed by atoms with Gasteiger partial charge in [0.15, 0.2) is 0 Å². The van der Waals surface area contributed by atoms with E-state index in [-0.39, 0.29) is 0 Å². The number of para-hydroxylation sites is 3. The van der Waals surface area contributed by atoms with Crippen molar-refractivity contribution >= 4 is 71.2 Å². The Labute approximate surface area is 331 Å². The zero-order valence-electron chi connectivity index (χ0n) is 31.2. The standard InChI is InChI=1S/C55H36N2/c1-4-18-37(19-5-1)55(38-20-6-2-7-21-38)49-29-15-17-31-52(49)56(39-22-8-3-9-23-39)54-35-48-46-28-14-16-30-51(46)57(53(48)36-50(54)55)40-32-33-45-43-26-11-10-24-41(43)42-25-12-13-27-44(42)47(45)34-40/h1-36H. The summed E-state index contributed by atoms with van der Waals surface area (Å²) in [5.74, 6) is 0. The highest BCUT2D eigenvalue weighted by atomic mass is 15.2. The Morgan fingerprint density at radius 1 is 0.281 bits per heavy atom. The molecule has 1 aliphatic heterocycles. The Hall–Kier alpha value is -7.42. The van der Waals surface area contributed by atoms with Crippen LogP contribution in [0, 0.1) is 0 Å². The number of benzene rings is 10. The monoisotopic (exact) mass is 724 g/mol.